The highest BCUT2D eigenvalue weighted by atomic mass is 35.5. The minimum absolute atomic E-state index is 0. The van der Waals surface area contributed by atoms with E-state index in [1.165, 1.54) is 6.07 Å². The summed E-state index contributed by atoms with van der Waals surface area (Å²) in [7, 11) is 0. The van der Waals surface area contributed by atoms with Gasteiger partial charge in [0.25, 0.3) is 0 Å². The number of halogens is 2. The molecule has 4 rings (SSSR count). The monoisotopic (exact) mass is 272 g/mol. The molecule has 1 aromatic rings. The molecule has 2 atom stereocenters. The quantitative estimate of drug-likeness (QED) is 0.722. The topological polar surface area (TPSA) is 58.3 Å². The van der Waals surface area contributed by atoms with Crippen molar-refractivity contribution >= 4 is 18.1 Å². The van der Waals surface area contributed by atoms with E-state index in [1.54, 1.807) is 12.1 Å². The van der Waals surface area contributed by atoms with E-state index >= 15 is 0 Å². The average Bonchev–Trinajstić information content (AvgIpc) is 2.74. The van der Waals surface area contributed by atoms with Crippen LogP contribution in [-0.2, 0) is 0 Å². The van der Waals surface area contributed by atoms with Gasteiger partial charge in [0.1, 0.15) is 0 Å². The Labute approximate surface area is 112 Å². The van der Waals surface area contributed by atoms with E-state index in [-0.39, 0.29) is 29.7 Å². The lowest BCUT2D eigenvalue weighted by Crippen LogP contribution is -2.40. The maximum absolute atomic E-state index is 13.8. The Morgan fingerprint density at radius 1 is 1.50 bits per heavy atom. The number of hydrogen-bond acceptors (Lipinski definition) is 3. The predicted octanol–water partition coefficient (Wildman–Crippen LogP) is 2.00. The molecule has 1 saturated carbocycles. The van der Waals surface area contributed by atoms with E-state index in [0.717, 1.165) is 12.8 Å². The Balaban J connectivity index is 0.00000120. The molecule has 2 bridgehead atoms. The van der Waals surface area contributed by atoms with Crippen molar-refractivity contribution in [2.45, 2.75) is 37.5 Å². The molecule has 5 heteroatoms. The molecule has 1 aliphatic carbocycles. The molecule has 3 fully saturated rings. The Morgan fingerprint density at radius 2 is 2.17 bits per heavy atom. The van der Waals surface area contributed by atoms with Crippen molar-refractivity contribution in [1.29, 1.82) is 0 Å². The van der Waals surface area contributed by atoms with Crippen molar-refractivity contribution in [3.05, 3.63) is 29.6 Å². The van der Waals surface area contributed by atoms with Crippen LogP contribution in [0.1, 0.15) is 31.4 Å². The molecular weight excluding hydrogens is 255 g/mol. The second-order valence-corrected chi connectivity index (χ2v) is 5.59. The summed E-state index contributed by atoms with van der Waals surface area (Å²) in [5, 5.41) is 13.7. The fourth-order valence-electron chi connectivity index (χ4n) is 3.32. The average molecular weight is 273 g/mol. The second kappa shape index (κ2) is 4.37. The van der Waals surface area contributed by atoms with Crippen LogP contribution in [0.15, 0.2) is 18.2 Å². The van der Waals surface area contributed by atoms with Crippen molar-refractivity contribution in [3.63, 3.8) is 0 Å². The summed E-state index contributed by atoms with van der Waals surface area (Å²) in [4.78, 5) is 0. The van der Waals surface area contributed by atoms with Crippen molar-refractivity contribution in [2.24, 2.45) is 5.92 Å². The van der Waals surface area contributed by atoms with Crippen LogP contribution < -0.4 is 11.1 Å². The van der Waals surface area contributed by atoms with Gasteiger partial charge < -0.3 is 16.2 Å². The lowest BCUT2D eigenvalue weighted by Gasteiger charge is -2.33. The first-order chi connectivity index (χ1) is 8.00. The summed E-state index contributed by atoms with van der Waals surface area (Å²) in [6, 6.07) is 4.75. The van der Waals surface area contributed by atoms with E-state index in [1.807, 2.05) is 0 Å². The first-order valence-electron chi connectivity index (χ1n) is 6.00. The van der Waals surface area contributed by atoms with Crippen molar-refractivity contribution < 1.29 is 9.50 Å². The molecule has 2 saturated heterocycles. The first-order valence-corrected chi connectivity index (χ1v) is 6.00. The summed E-state index contributed by atoms with van der Waals surface area (Å²) in [6.45, 7) is 2.14. The van der Waals surface area contributed by atoms with E-state index in [0.29, 0.717) is 11.5 Å². The molecular formula is C13H18ClFN2O. The number of fused-ring (bicyclic) bond motifs is 1. The zero-order valence-corrected chi connectivity index (χ0v) is 11.0. The Morgan fingerprint density at radius 3 is 2.72 bits per heavy atom. The van der Waals surface area contributed by atoms with E-state index in [4.69, 9.17) is 5.73 Å². The molecule has 1 aromatic carbocycles. The zero-order valence-electron chi connectivity index (χ0n) is 10.2. The molecule has 3 nitrogen and oxygen atoms in total. The van der Waals surface area contributed by atoms with Crippen LogP contribution >= 0.6 is 12.4 Å². The van der Waals surface area contributed by atoms with Crippen molar-refractivity contribution in [3.8, 4) is 0 Å². The van der Waals surface area contributed by atoms with E-state index in [2.05, 4.69) is 12.2 Å². The van der Waals surface area contributed by atoms with Crippen molar-refractivity contribution in [2.75, 3.05) is 5.73 Å². The minimum atomic E-state index is -0.812. The van der Waals surface area contributed by atoms with E-state index < -0.39 is 11.9 Å². The molecule has 2 aliphatic heterocycles. The Kier molecular flexibility index (Phi) is 3.30. The highest BCUT2D eigenvalue weighted by Gasteiger charge is 2.54. The molecule has 0 aromatic heterocycles. The van der Waals surface area contributed by atoms with Crippen LogP contribution in [0, 0.1) is 11.7 Å². The normalized spacial score (nSPS) is 34.6. The molecule has 0 amide bonds. The molecule has 3 aliphatic rings. The number of aliphatic hydroxyl groups excluding tert-OH is 1. The number of nitrogen functional groups attached to an aromatic ring is 1. The SMILES string of the molecule is CC12CC(C1)[C@@H]([C@H](O)c1cccc(N)c1F)N2.Cl. The maximum atomic E-state index is 13.8. The third kappa shape index (κ3) is 1.88. The van der Waals surface area contributed by atoms with Gasteiger partial charge in [-0.15, -0.1) is 12.4 Å². The first kappa shape index (κ1) is 13.6. The van der Waals surface area contributed by atoms with Gasteiger partial charge in [0.05, 0.1) is 11.8 Å². The van der Waals surface area contributed by atoms with Gasteiger partial charge in [0, 0.05) is 17.1 Å². The summed E-state index contributed by atoms with van der Waals surface area (Å²) in [6.07, 6.45) is 1.32. The van der Waals surface area contributed by atoms with Crippen LogP contribution in [-0.4, -0.2) is 16.7 Å². The van der Waals surface area contributed by atoms with Gasteiger partial charge in [0.2, 0.25) is 0 Å². The Bertz CT molecular complexity index is 462. The molecule has 0 unspecified atom stereocenters. The number of rotatable bonds is 2. The largest absolute Gasteiger partial charge is 0.396 e. The van der Waals surface area contributed by atoms with Gasteiger partial charge in [-0.1, -0.05) is 12.1 Å². The van der Waals surface area contributed by atoms with Crippen LogP contribution in [0.2, 0.25) is 0 Å². The van der Waals surface area contributed by atoms with Crippen LogP contribution in [0.3, 0.4) is 0 Å². The van der Waals surface area contributed by atoms with E-state index in [9.17, 15) is 9.50 Å². The van der Waals surface area contributed by atoms with Gasteiger partial charge in [-0.2, -0.15) is 0 Å². The van der Waals surface area contributed by atoms with Gasteiger partial charge in [-0.3, -0.25) is 0 Å². The van der Waals surface area contributed by atoms with Gasteiger partial charge in [0.15, 0.2) is 5.82 Å². The number of hydrogen-bond donors (Lipinski definition) is 3. The molecule has 0 radical (unpaired) electrons. The zero-order chi connectivity index (χ0) is 12.2. The summed E-state index contributed by atoms with van der Waals surface area (Å²) >= 11 is 0. The molecule has 4 N–H and O–H groups in total. The molecule has 0 spiro atoms. The van der Waals surface area contributed by atoms with Crippen molar-refractivity contribution in [1.82, 2.24) is 5.32 Å². The fraction of sp³-hybridized carbons (Fsp3) is 0.538. The highest BCUT2D eigenvalue weighted by Crippen LogP contribution is 2.50. The summed E-state index contributed by atoms with van der Waals surface area (Å²) < 4.78 is 13.8. The van der Waals surface area contributed by atoms with Crippen LogP contribution in [0.25, 0.3) is 0 Å². The van der Waals surface area contributed by atoms with Gasteiger partial charge >= 0.3 is 0 Å². The Hall–Kier alpha value is -0.840. The molecule has 2 heterocycles. The third-order valence-electron chi connectivity index (χ3n) is 4.17. The second-order valence-electron chi connectivity index (χ2n) is 5.59. The summed E-state index contributed by atoms with van der Waals surface area (Å²) in [5.74, 6) is -0.0353. The standard InChI is InChI=1S/C13H17FN2O.ClH/c1-13-5-7(6-13)11(16-13)12(17)8-3-2-4-9(15)10(8)14;/h2-4,7,11-12,16-17H,5-6,15H2,1H3;1H/t7?,11-,12+,13?;/m0./s1. The number of aliphatic hydroxyl groups is 1. The predicted molar refractivity (Wildman–Crippen MR) is 71.1 cm³/mol. The minimum Gasteiger partial charge on any atom is -0.396 e. The number of benzene rings is 1. The number of nitrogens with one attached hydrogen (secondary N) is 1. The lowest BCUT2D eigenvalue weighted by atomic mass is 9.72. The maximum Gasteiger partial charge on any atom is 0.151 e. The molecule has 18 heavy (non-hydrogen) atoms. The third-order valence-corrected chi connectivity index (χ3v) is 4.17. The fourth-order valence-corrected chi connectivity index (χ4v) is 3.32. The van der Waals surface area contributed by atoms with Crippen LogP contribution in [0.4, 0.5) is 10.1 Å². The number of anilines is 1. The van der Waals surface area contributed by atoms with Gasteiger partial charge in [-0.05, 0) is 31.7 Å². The summed E-state index contributed by atoms with van der Waals surface area (Å²) in [5.41, 5.74) is 6.07. The number of nitrogens with two attached hydrogens (primary N) is 1. The smallest absolute Gasteiger partial charge is 0.151 e. The lowest BCUT2D eigenvalue weighted by molar-refractivity contribution is 0.118. The van der Waals surface area contributed by atoms with Crippen LogP contribution in [0.5, 0.6) is 0 Å². The van der Waals surface area contributed by atoms with Gasteiger partial charge in [-0.25, -0.2) is 4.39 Å². The molecule has 100 valence electrons. The highest BCUT2D eigenvalue weighted by molar-refractivity contribution is 5.85.